The van der Waals surface area contributed by atoms with Crippen molar-refractivity contribution in [1.29, 1.82) is 0 Å². The maximum absolute atomic E-state index is 11.9. The summed E-state index contributed by atoms with van der Waals surface area (Å²) in [6, 6.07) is 2.26. The number of halogens is 1. The zero-order valence-corrected chi connectivity index (χ0v) is 11.2. The first kappa shape index (κ1) is 12.6. The van der Waals surface area contributed by atoms with Gasteiger partial charge in [0.1, 0.15) is 5.69 Å². The molecule has 0 aromatic carbocycles. The van der Waals surface area contributed by atoms with Gasteiger partial charge < -0.3 is 9.30 Å². The summed E-state index contributed by atoms with van der Waals surface area (Å²) in [7, 11) is 1.58. The van der Waals surface area contributed by atoms with E-state index >= 15 is 0 Å². The molecule has 0 atom stereocenters. The van der Waals surface area contributed by atoms with E-state index in [1.807, 2.05) is 10.8 Å². The highest BCUT2D eigenvalue weighted by atomic mass is 79.9. The van der Waals surface area contributed by atoms with E-state index < -0.39 is 0 Å². The van der Waals surface area contributed by atoms with Crippen molar-refractivity contribution < 1.29 is 14.4 Å². The van der Waals surface area contributed by atoms with Crippen LogP contribution in [-0.4, -0.2) is 30.8 Å². The van der Waals surface area contributed by atoms with Gasteiger partial charge in [0, 0.05) is 23.8 Å². The number of methoxy groups -OCH3 is 1. The number of amides is 1. The first-order valence-corrected chi connectivity index (χ1v) is 6.30. The molecule has 0 aliphatic heterocycles. The molecule has 6 heteroatoms. The number of ether oxygens (including phenoxy) is 1. The van der Waals surface area contributed by atoms with E-state index in [1.54, 1.807) is 13.2 Å². The largest absolute Gasteiger partial charge is 0.382 e. The van der Waals surface area contributed by atoms with E-state index in [-0.39, 0.29) is 5.91 Å². The molecule has 1 aromatic heterocycles. The molecule has 1 N–H and O–H groups in total. The van der Waals surface area contributed by atoms with Gasteiger partial charge in [-0.05, 0) is 34.8 Å². The Labute approximate surface area is 108 Å². The number of carbonyl (C=O) groups is 1. The lowest BCUT2D eigenvalue weighted by atomic mass is 10.4. The fourth-order valence-corrected chi connectivity index (χ4v) is 2.01. The highest BCUT2D eigenvalue weighted by molar-refractivity contribution is 9.10. The number of hydrogen-bond donors (Lipinski definition) is 1. The molecule has 0 spiro atoms. The van der Waals surface area contributed by atoms with Crippen LogP contribution in [0.1, 0.15) is 29.4 Å². The van der Waals surface area contributed by atoms with Gasteiger partial charge in [-0.3, -0.25) is 9.63 Å². The molecule has 0 bridgehead atoms. The van der Waals surface area contributed by atoms with Gasteiger partial charge in [-0.25, -0.2) is 5.48 Å². The molecular weight excluding hydrogens is 288 g/mol. The van der Waals surface area contributed by atoms with Gasteiger partial charge in [0.25, 0.3) is 5.91 Å². The molecule has 17 heavy (non-hydrogen) atoms. The Hall–Kier alpha value is -0.850. The van der Waals surface area contributed by atoms with Crippen LogP contribution < -0.4 is 5.48 Å². The minimum absolute atomic E-state index is 0.223. The molecule has 94 valence electrons. The van der Waals surface area contributed by atoms with Crippen LogP contribution in [0.25, 0.3) is 0 Å². The minimum Gasteiger partial charge on any atom is -0.382 e. The molecule has 1 saturated carbocycles. The van der Waals surface area contributed by atoms with Crippen molar-refractivity contribution in [2.45, 2.75) is 18.9 Å². The van der Waals surface area contributed by atoms with Gasteiger partial charge in [-0.15, -0.1) is 0 Å². The Balaban J connectivity index is 1.93. The number of nitrogens with zero attached hydrogens (tertiary/aromatic N) is 1. The number of carbonyl (C=O) groups excluding carboxylic acids is 1. The maximum Gasteiger partial charge on any atom is 0.291 e. The van der Waals surface area contributed by atoms with E-state index in [1.165, 1.54) is 0 Å². The fourth-order valence-electron chi connectivity index (χ4n) is 1.58. The number of hydrogen-bond acceptors (Lipinski definition) is 3. The predicted octanol–water partition coefficient (Wildman–Crippen LogP) is 1.89. The first-order chi connectivity index (χ1) is 8.22. The second-order valence-electron chi connectivity index (χ2n) is 3.95. The number of aromatic nitrogens is 1. The highest BCUT2D eigenvalue weighted by Gasteiger charge is 2.27. The summed E-state index contributed by atoms with van der Waals surface area (Å²) >= 11 is 3.38. The maximum atomic E-state index is 11.9. The number of hydroxylamine groups is 1. The van der Waals surface area contributed by atoms with E-state index in [0.29, 0.717) is 24.9 Å². The summed E-state index contributed by atoms with van der Waals surface area (Å²) in [6.07, 6.45) is 4.19. The molecule has 1 aromatic rings. The third-order valence-corrected chi connectivity index (χ3v) is 2.98. The molecule has 5 nitrogen and oxygen atoms in total. The van der Waals surface area contributed by atoms with E-state index in [2.05, 4.69) is 21.4 Å². The summed E-state index contributed by atoms with van der Waals surface area (Å²) in [5.74, 6) is -0.223. The molecular formula is C11H15BrN2O3. The summed E-state index contributed by atoms with van der Waals surface area (Å²) in [6.45, 7) is 0.793. The lowest BCUT2D eigenvalue weighted by molar-refractivity contribution is 0.00833. The van der Waals surface area contributed by atoms with Gasteiger partial charge in [-0.1, -0.05) is 0 Å². The lowest BCUT2D eigenvalue weighted by Crippen LogP contribution is -2.27. The smallest absolute Gasteiger partial charge is 0.291 e. The molecule has 1 heterocycles. The molecule has 1 fully saturated rings. The first-order valence-electron chi connectivity index (χ1n) is 5.51. The third-order valence-electron chi connectivity index (χ3n) is 2.54. The van der Waals surface area contributed by atoms with Crippen molar-refractivity contribution in [2.75, 3.05) is 20.3 Å². The highest BCUT2D eigenvalue weighted by Crippen LogP contribution is 2.37. The zero-order valence-electron chi connectivity index (χ0n) is 9.61. The van der Waals surface area contributed by atoms with Crippen molar-refractivity contribution in [3.63, 3.8) is 0 Å². The summed E-state index contributed by atoms with van der Waals surface area (Å²) in [5, 5.41) is 0. The van der Waals surface area contributed by atoms with E-state index in [0.717, 1.165) is 17.3 Å². The Bertz CT molecular complexity index is 401. The normalized spacial score (nSPS) is 14.9. The molecule has 1 amide bonds. The second-order valence-corrected chi connectivity index (χ2v) is 4.87. The molecule has 2 rings (SSSR count). The topological polar surface area (TPSA) is 52.5 Å². The molecule has 1 aliphatic rings. The second kappa shape index (κ2) is 5.66. The van der Waals surface area contributed by atoms with Gasteiger partial charge in [0.15, 0.2) is 0 Å². The van der Waals surface area contributed by atoms with Gasteiger partial charge in [0.2, 0.25) is 0 Å². The quantitative estimate of drug-likeness (QED) is 0.645. The van der Waals surface area contributed by atoms with E-state index in [4.69, 9.17) is 9.57 Å². The molecule has 1 aliphatic carbocycles. The Morgan fingerprint density at radius 3 is 3.00 bits per heavy atom. The van der Waals surface area contributed by atoms with Gasteiger partial charge in [0.05, 0.1) is 13.2 Å². The van der Waals surface area contributed by atoms with Gasteiger partial charge >= 0.3 is 0 Å². The van der Waals surface area contributed by atoms with Crippen molar-refractivity contribution in [3.05, 3.63) is 22.4 Å². The average Bonchev–Trinajstić information content (AvgIpc) is 3.08. The van der Waals surface area contributed by atoms with Crippen molar-refractivity contribution in [3.8, 4) is 0 Å². The van der Waals surface area contributed by atoms with Crippen LogP contribution in [0.4, 0.5) is 0 Å². The standard InChI is InChI=1S/C11H15BrN2O3/c1-16-4-5-17-13-11(15)10-6-8(12)7-14(10)9-2-3-9/h6-7,9H,2-5H2,1H3,(H,13,15). The summed E-state index contributed by atoms with van der Waals surface area (Å²) in [5.41, 5.74) is 3.03. The number of nitrogens with one attached hydrogen (secondary N) is 1. The predicted molar refractivity (Wildman–Crippen MR) is 65.7 cm³/mol. The van der Waals surface area contributed by atoms with Crippen LogP contribution in [0.3, 0.4) is 0 Å². The Morgan fingerprint density at radius 2 is 2.35 bits per heavy atom. The number of rotatable bonds is 6. The van der Waals surface area contributed by atoms with Gasteiger partial charge in [-0.2, -0.15) is 0 Å². The zero-order chi connectivity index (χ0) is 12.3. The van der Waals surface area contributed by atoms with E-state index in [9.17, 15) is 4.79 Å². The average molecular weight is 303 g/mol. The Kier molecular flexibility index (Phi) is 4.20. The molecule has 0 unspecified atom stereocenters. The SMILES string of the molecule is COCCONC(=O)c1cc(Br)cn1C1CC1. The van der Waals surface area contributed by atoms with Crippen molar-refractivity contribution >= 4 is 21.8 Å². The van der Waals surface area contributed by atoms with Crippen LogP contribution in [-0.2, 0) is 9.57 Å². The third kappa shape index (κ3) is 3.31. The van der Waals surface area contributed by atoms with Crippen LogP contribution in [0.2, 0.25) is 0 Å². The Morgan fingerprint density at radius 1 is 1.59 bits per heavy atom. The van der Waals surface area contributed by atoms with Crippen molar-refractivity contribution in [2.24, 2.45) is 0 Å². The summed E-state index contributed by atoms with van der Waals surface area (Å²) < 4.78 is 7.71. The van der Waals surface area contributed by atoms with Crippen LogP contribution in [0.5, 0.6) is 0 Å². The molecule has 0 saturated heterocycles. The minimum atomic E-state index is -0.223. The lowest BCUT2D eigenvalue weighted by Gasteiger charge is -2.08. The van der Waals surface area contributed by atoms with Crippen molar-refractivity contribution in [1.82, 2.24) is 10.0 Å². The van der Waals surface area contributed by atoms with Crippen LogP contribution in [0, 0.1) is 0 Å². The van der Waals surface area contributed by atoms with Crippen LogP contribution in [0.15, 0.2) is 16.7 Å². The monoisotopic (exact) mass is 302 g/mol. The van der Waals surface area contributed by atoms with Crippen LogP contribution >= 0.6 is 15.9 Å². The summed E-state index contributed by atoms with van der Waals surface area (Å²) in [4.78, 5) is 16.9. The molecule has 0 radical (unpaired) electrons. The fraction of sp³-hybridized carbons (Fsp3) is 0.545.